The van der Waals surface area contributed by atoms with Gasteiger partial charge < -0.3 is 18.9 Å². The Hall–Kier alpha value is -3.56. The number of ether oxygens (including phenoxy) is 1. The molecule has 1 saturated heterocycles. The molecule has 4 aromatic heterocycles. The van der Waals surface area contributed by atoms with Crippen molar-refractivity contribution in [2.24, 2.45) is 13.0 Å². The molecule has 1 aliphatic heterocycles. The summed E-state index contributed by atoms with van der Waals surface area (Å²) in [6, 6.07) is 12.7. The molecule has 9 nitrogen and oxygen atoms in total. The van der Waals surface area contributed by atoms with E-state index in [2.05, 4.69) is 50.4 Å². The van der Waals surface area contributed by atoms with Gasteiger partial charge in [-0.1, -0.05) is 40.7 Å². The summed E-state index contributed by atoms with van der Waals surface area (Å²) in [5.41, 5.74) is 6.76. The molecule has 0 amide bonds. The molecule has 184 valence electrons. The summed E-state index contributed by atoms with van der Waals surface area (Å²) in [5, 5.41) is 24.0. The van der Waals surface area contributed by atoms with Gasteiger partial charge in [-0.05, 0) is 50.2 Å². The normalized spacial score (nSPS) is 18.8. The second kappa shape index (κ2) is 7.97. The molecule has 1 aliphatic carbocycles. The van der Waals surface area contributed by atoms with Crippen LogP contribution in [0.25, 0.3) is 33.4 Å². The van der Waals surface area contributed by atoms with E-state index in [1.54, 1.807) is 4.68 Å². The van der Waals surface area contributed by atoms with E-state index in [0.717, 1.165) is 59.6 Å². The first kappa shape index (κ1) is 21.7. The lowest BCUT2D eigenvalue weighted by Crippen LogP contribution is -2.27. The van der Waals surface area contributed by atoms with Crippen LogP contribution in [-0.2, 0) is 17.4 Å². The molecule has 9 heteroatoms. The van der Waals surface area contributed by atoms with Crippen molar-refractivity contribution >= 4 is 22.1 Å². The van der Waals surface area contributed by atoms with E-state index in [0.29, 0.717) is 30.0 Å². The number of pyridine rings is 1. The Kier molecular flexibility index (Phi) is 4.81. The number of hydrogen-bond acceptors (Lipinski definition) is 7. The van der Waals surface area contributed by atoms with Gasteiger partial charge in [0.2, 0.25) is 5.58 Å². The Morgan fingerprint density at radius 1 is 1.14 bits per heavy atom. The summed E-state index contributed by atoms with van der Waals surface area (Å²) in [6.07, 6.45) is 5.11. The van der Waals surface area contributed by atoms with Gasteiger partial charge in [-0.25, -0.2) is 9.67 Å². The Morgan fingerprint density at radius 3 is 2.61 bits per heavy atom. The first-order valence-electron chi connectivity index (χ1n) is 12.6. The van der Waals surface area contributed by atoms with Gasteiger partial charge in [0.1, 0.15) is 22.3 Å². The molecule has 0 bridgehead atoms. The minimum absolute atomic E-state index is 0.0124. The van der Waals surface area contributed by atoms with Crippen molar-refractivity contribution in [3.8, 4) is 11.3 Å². The molecular weight excluding hydrogens is 456 g/mol. The van der Waals surface area contributed by atoms with Crippen LogP contribution in [-0.4, -0.2) is 48.0 Å². The van der Waals surface area contributed by atoms with Crippen molar-refractivity contribution in [1.82, 2.24) is 29.7 Å². The molecule has 2 fully saturated rings. The van der Waals surface area contributed by atoms with Crippen LogP contribution in [0.5, 0.6) is 0 Å². The summed E-state index contributed by atoms with van der Waals surface area (Å²) >= 11 is 0. The zero-order chi connectivity index (χ0) is 24.4. The highest BCUT2D eigenvalue weighted by Gasteiger charge is 2.48. The fourth-order valence-corrected chi connectivity index (χ4v) is 5.85. The molecule has 0 radical (unpaired) electrons. The van der Waals surface area contributed by atoms with Crippen LogP contribution >= 0.6 is 0 Å². The Morgan fingerprint density at radius 2 is 1.92 bits per heavy atom. The molecule has 1 unspecified atom stereocenters. The van der Waals surface area contributed by atoms with E-state index >= 15 is 0 Å². The molecule has 1 saturated carbocycles. The van der Waals surface area contributed by atoms with Crippen LogP contribution in [0.1, 0.15) is 48.7 Å². The number of aromatic nitrogens is 6. The van der Waals surface area contributed by atoms with E-state index in [4.69, 9.17) is 14.2 Å². The van der Waals surface area contributed by atoms with Gasteiger partial charge in [0, 0.05) is 32.0 Å². The highest BCUT2D eigenvalue weighted by atomic mass is 16.5. The third-order valence-corrected chi connectivity index (χ3v) is 7.82. The highest BCUT2D eigenvalue weighted by molar-refractivity contribution is 6.04. The summed E-state index contributed by atoms with van der Waals surface area (Å²) in [6.45, 7) is 3.43. The number of aryl methyl sites for hydroxylation is 2. The SMILES string of the molecule is Cc1nnn(C)c1-c1cnc2c3onc(C4(O)CC4)c3n(C(c3ccccc3)C3CCOCC3)c2c1. The van der Waals surface area contributed by atoms with Crippen LogP contribution < -0.4 is 0 Å². The predicted octanol–water partition coefficient (Wildman–Crippen LogP) is 4.28. The number of fused-ring (bicyclic) bond motifs is 3. The van der Waals surface area contributed by atoms with Gasteiger partial charge in [0.15, 0.2) is 0 Å². The van der Waals surface area contributed by atoms with E-state index in [9.17, 15) is 5.11 Å². The van der Waals surface area contributed by atoms with Crippen molar-refractivity contribution in [3.05, 3.63) is 59.5 Å². The Labute approximate surface area is 207 Å². The molecule has 0 spiro atoms. The van der Waals surface area contributed by atoms with Crippen LogP contribution in [0.2, 0.25) is 0 Å². The van der Waals surface area contributed by atoms with Crippen molar-refractivity contribution in [2.75, 3.05) is 13.2 Å². The van der Waals surface area contributed by atoms with Gasteiger partial charge in [-0.3, -0.25) is 0 Å². The van der Waals surface area contributed by atoms with Gasteiger partial charge in [-0.15, -0.1) is 5.10 Å². The number of rotatable bonds is 5. The highest BCUT2D eigenvalue weighted by Crippen LogP contribution is 2.50. The number of nitrogens with zero attached hydrogens (tertiary/aromatic N) is 6. The summed E-state index contributed by atoms with van der Waals surface area (Å²) in [4.78, 5) is 4.88. The van der Waals surface area contributed by atoms with Crippen molar-refractivity contribution in [2.45, 2.75) is 44.2 Å². The van der Waals surface area contributed by atoms with Gasteiger partial charge in [0.25, 0.3) is 0 Å². The molecule has 7 rings (SSSR count). The monoisotopic (exact) mass is 484 g/mol. The van der Waals surface area contributed by atoms with E-state index in [-0.39, 0.29) is 6.04 Å². The van der Waals surface area contributed by atoms with Crippen LogP contribution in [0, 0.1) is 12.8 Å². The zero-order valence-electron chi connectivity index (χ0n) is 20.4. The predicted molar refractivity (Wildman–Crippen MR) is 133 cm³/mol. The Balaban J connectivity index is 1.55. The second-order valence-electron chi connectivity index (χ2n) is 10.2. The smallest absolute Gasteiger partial charge is 0.211 e. The third kappa shape index (κ3) is 3.23. The van der Waals surface area contributed by atoms with Crippen LogP contribution in [0.4, 0.5) is 0 Å². The number of aliphatic hydroxyl groups is 1. The van der Waals surface area contributed by atoms with Crippen LogP contribution in [0.15, 0.2) is 47.1 Å². The molecule has 1 atom stereocenters. The maximum absolute atomic E-state index is 11.2. The minimum atomic E-state index is -0.945. The molecule has 36 heavy (non-hydrogen) atoms. The maximum atomic E-state index is 11.2. The second-order valence-corrected chi connectivity index (χ2v) is 10.2. The van der Waals surface area contributed by atoms with E-state index in [1.165, 1.54) is 5.56 Å². The average Bonchev–Trinajstić information content (AvgIpc) is 3.22. The van der Waals surface area contributed by atoms with Crippen molar-refractivity contribution in [3.63, 3.8) is 0 Å². The number of hydrogen-bond donors (Lipinski definition) is 1. The third-order valence-electron chi connectivity index (χ3n) is 7.82. The minimum Gasteiger partial charge on any atom is -0.383 e. The summed E-state index contributed by atoms with van der Waals surface area (Å²) in [5.74, 6) is 0.348. The fourth-order valence-electron chi connectivity index (χ4n) is 5.85. The first-order chi connectivity index (χ1) is 17.5. The summed E-state index contributed by atoms with van der Waals surface area (Å²) in [7, 11) is 1.89. The fraction of sp³-hybridized carbons (Fsp3) is 0.407. The number of benzene rings is 1. The van der Waals surface area contributed by atoms with Crippen LogP contribution in [0.3, 0.4) is 0 Å². The van der Waals surface area contributed by atoms with Gasteiger partial charge >= 0.3 is 0 Å². The summed E-state index contributed by atoms with van der Waals surface area (Å²) < 4.78 is 15.8. The van der Waals surface area contributed by atoms with E-state index < -0.39 is 5.60 Å². The van der Waals surface area contributed by atoms with Gasteiger partial charge in [0.05, 0.1) is 22.9 Å². The lowest BCUT2D eigenvalue weighted by molar-refractivity contribution is 0.0552. The zero-order valence-corrected chi connectivity index (χ0v) is 20.4. The topological polar surface area (TPSA) is 104 Å². The van der Waals surface area contributed by atoms with E-state index in [1.807, 2.05) is 26.2 Å². The molecule has 2 aliphatic rings. The lowest BCUT2D eigenvalue weighted by atomic mass is 9.86. The van der Waals surface area contributed by atoms with Crippen molar-refractivity contribution in [1.29, 1.82) is 0 Å². The molecular formula is C27H28N6O3. The quantitative estimate of drug-likeness (QED) is 0.397. The maximum Gasteiger partial charge on any atom is 0.211 e. The van der Waals surface area contributed by atoms with Crippen molar-refractivity contribution < 1.29 is 14.4 Å². The molecule has 5 heterocycles. The Bertz CT molecular complexity index is 1550. The lowest BCUT2D eigenvalue weighted by Gasteiger charge is -2.33. The molecule has 1 N–H and O–H groups in total. The standard InChI is InChI=1S/C27H28N6O3/c1-16-22(32(2)31-29-16)19-14-20-21(28-15-19)25-24(26(30-36-25)27(34)10-11-27)33(20)23(17-6-4-3-5-7-17)18-8-12-35-13-9-18/h3-7,14-15,18,23,34H,8-13H2,1-2H3. The molecule has 1 aromatic carbocycles. The average molecular weight is 485 g/mol. The first-order valence-corrected chi connectivity index (χ1v) is 12.6. The largest absolute Gasteiger partial charge is 0.383 e. The van der Waals surface area contributed by atoms with Gasteiger partial charge in [-0.2, -0.15) is 0 Å². The molecule has 5 aromatic rings.